The smallest absolute Gasteiger partial charge is 0.237 e. The molecule has 0 atom stereocenters. The van der Waals surface area contributed by atoms with Crippen molar-refractivity contribution in [3.05, 3.63) is 340 Å². The van der Waals surface area contributed by atoms with E-state index in [1.807, 2.05) is 0 Å². The Morgan fingerprint density at radius 2 is 0.440 bits per heavy atom. The average molecular weight is 1270 g/mol. The first kappa shape index (κ1) is 54.8. The van der Waals surface area contributed by atoms with Crippen LogP contribution in [0, 0.1) is 0 Å². The maximum atomic E-state index is 5.69. The molecule has 100 heavy (non-hydrogen) atoms. The van der Waals surface area contributed by atoms with Crippen molar-refractivity contribution in [2.24, 2.45) is 0 Å². The van der Waals surface area contributed by atoms with Crippen LogP contribution in [-0.2, 0) is 0 Å². The van der Waals surface area contributed by atoms with Crippen LogP contribution in [0.25, 0.3) is 209 Å². The predicted octanol–water partition coefficient (Wildman–Crippen LogP) is 24.8. The molecule has 0 aliphatic heterocycles. The molecule has 462 valence electrons. The first-order chi connectivity index (χ1) is 49.6. The van der Waals surface area contributed by atoms with Gasteiger partial charge in [-0.2, -0.15) is 4.98 Å². The molecule has 0 unspecified atom stereocenters. The van der Waals surface area contributed by atoms with Gasteiger partial charge in [0.15, 0.2) is 0 Å². The lowest BCUT2D eigenvalue weighted by Gasteiger charge is -2.14. The number of hydrogen-bond donors (Lipinski definition) is 0. The molecule has 22 rings (SSSR count). The fourth-order valence-corrected chi connectivity index (χ4v) is 17.1. The topological polar surface area (TPSA) is 45.5 Å². The summed E-state index contributed by atoms with van der Waals surface area (Å²) in [4.78, 5) is 11.2. The number of para-hydroxylation sites is 4. The molecule has 17 aromatic carbocycles. The van der Waals surface area contributed by atoms with Crippen molar-refractivity contribution in [1.29, 1.82) is 0 Å². The Labute approximate surface area is 572 Å². The lowest BCUT2D eigenvalue weighted by atomic mass is 9.94. The minimum Gasteiger partial charge on any atom is -0.309 e. The van der Waals surface area contributed by atoms with E-state index in [9.17, 15) is 0 Å². The Kier molecular flexibility index (Phi) is 11.5. The molecule has 22 aromatic rings. The van der Waals surface area contributed by atoms with E-state index in [1.165, 1.54) is 108 Å². The van der Waals surface area contributed by atoms with Gasteiger partial charge in [-0.25, -0.2) is 4.98 Å². The molecule has 0 bridgehead atoms. The maximum Gasteiger partial charge on any atom is 0.237 e. The summed E-state index contributed by atoms with van der Waals surface area (Å²) in [6.45, 7) is 0. The Bertz CT molecular complexity index is 6800. The molecule has 0 radical (unpaired) electrons. The molecule has 0 spiro atoms. The summed E-state index contributed by atoms with van der Waals surface area (Å²) in [6.07, 6.45) is 0. The van der Waals surface area contributed by atoms with E-state index in [4.69, 9.17) is 9.97 Å². The molecule has 0 saturated carbocycles. The van der Waals surface area contributed by atoms with Crippen LogP contribution in [0.5, 0.6) is 0 Å². The van der Waals surface area contributed by atoms with E-state index in [2.05, 4.69) is 358 Å². The van der Waals surface area contributed by atoms with Gasteiger partial charge in [-0.3, -0.25) is 9.13 Å². The zero-order valence-corrected chi connectivity index (χ0v) is 54.0. The predicted molar refractivity (Wildman–Crippen MR) is 421 cm³/mol. The SMILES string of the molecule is c1ccc(-c2cc(-n3c4ccccc4c4cc(-c5ccc6c(c5)c5ccccc5n6-c5ccc6c7ccccc7c7ccccc7c6c5)ccc43)nc(-n3c4ccccc4c4cc(-c5ccc6c(c5)c5ccccc5n6-c5ccc6c7ccccc7c7ccccc7c6c5)ccc43)n2)cc1. The highest BCUT2D eigenvalue weighted by Gasteiger charge is 2.24. The van der Waals surface area contributed by atoms with E-state index < -0.39 is 0 Å². The molecule has 0 saturated heterocycles. The van der Waals surface area contributed by atoms with Gasteiger partial charge < -0.3 is 9.13 Å². The molecule has 0 aliphatic rings. The standard InChI is InChI=1S/C94H56N6/c1-2-20-57(21-3-1)84-56-93(99-87-36-18-14-32-76(87)82-52-60(40-48-91(82)99)58-38-46-89-80(50-58)74-30-12-16-34-85(74)97(89)62-42-44-72-68-26-6-4-22-64(68)66-24-8-10-28-70(66)78(72)54-62)96-94(95-84)100-88-37-19-15-33-77(88)83-53-61(41-49-92(83)100)59-39-47-90-81(51-59)75-31-13-17-35-86(75)98(90)63-43-45-73-69-27-7-5-23-65(69)67-25-9-11-29-71(67)79(73)55-63/h1-56H. The van der Waals surface area contributed by atoms with Crippen molar-refractivity contribution in [3.63, 3.8) is 0 Å². The molecule has 0 amide bonds. The van der Waals surface area contributed by atoms with Gasteiger partial charge in [0, 0.05) is 66.1 Å². The van der Waals surface area contributed by atoms with Crippen molar-refractivity contribution in [3.8, 4) is 56.7 Å². The van der Waals surface area contributed by atoms with Crippen LogP contribution in [0.1, 0.15) is 0 Å². The summed E-state index contributed by atoms with van der Waals surface area (Å²) in [5, 5.41) is 24.6. The summed E-state index contributed by atoms with van der Waals surface area (Å²) in [5.74, 6) is 1.38. The molecular formula is C94H56N6. The highest BCUT2D eigenvalue weighted by molar-refractivity contribution is 6.27. The van der Waals surface area contributed by atoms with Crippen LogP contribution in [-0.4, -0.2) is 28.2 Å². The van der Waals surface area contributed by atoms with Gasteiger partial charge in [-0.15, -0.1) is 0 Å². The van der Waals surface area contributed by atoms with Gasteiger partial charge in [-0.1, -0.05) is 237 Å². The third-order valence-corrected chi connectivity index (χ3v) is 21.5. The van der Waals surface area contributed by atoms with Crippen molar-refractivity contribution in [1.82, 2.24) is 28.2 Å². The van der Waals surface area contributed by atoms with E-state index in [0.29, 0.717) is 5.95 Å². The number of benzene rings is 17. The Balaban J connectivity index is 0.666. The van der Waals surface area contributed by atoms with Gasteiger partial charge in [0.25, 0.3) is 0 Å². The Morgan fingerprint density at radius 1 is 0.160 bits per heavy atom. The fraction of sp³-hybridized carbons (Fsp3) is 0. The maximum absolute atomic E-state index is 5.69. The molecule has 0 fully saturated rings. The normalized spacial score (nSPS) is 12.2. The van der Waals surface area contributed by atoms with Crippen molar-refractivity contribution >= 4 is 152 Å². The average Bonchev–Trinajstić information content (AvgIpc) is 1.56. The van der Waals surface area contributed by atoms with Gasteiger partial charge >= 0.3 is 0 Å². The molecule has 5 aromatic heterocycles. The van der Waals surface area contributed by atoms with E-state index in [1.54, 1.807) is 0 Å². The molecule has 6 heteroatoms. The second-order valence-corrected chi connectivity index (χ2v) is 26.8. The summed E-state index contributed by atoms with van der Waals surface area (Å²) in [7, 11) is 0. The molecule has 6 nitrogen and oxygen atoms in total. The van der Waals surface area contributed by atoms with E-state index in [-0.39, 0.29) is 0 Å². The van der Waals surface area contributed by atoms with Crippen LogP contribution in [0.2, 0.25) is 0 Å². The highest BCUT2D eigenvalue weighted by Crippen LogP contribution is 2.45. The number of fused-ring (bicyclic) bond motifs is 24. The molecule has 0 N–H and O–H groups in total. The van der Waals surface area contributed by atoms with Gasteiger partial charge in [0.05, 0.1) is 49.8 Å². The number of nitrogens with zero attached hydrogens (tertiary/aromatic N) is 6. The monoisotopic (exact) mass is 1270 g/mol. The summed E-state index contributed by atoms with van der Waals surface area (Å²) in [5.41, 5.74) is 17.6. The Morgan fingerprint density at radius 3 is 0.820 bits per heavy atom. The molecule has 0 aliphatic carbocycles. The first-order valence-electron chi connectivity index (χ1n) is 34.4. The summed E-state index contributed by atoms with van der Waals surface area (Å²) in [6, 6.07) is 125. The van der Waals surface area contributed by atoms with Crippen molar-refractivity contribution < 1.29 is 0 Å². The minimum absolute atomic E-state index is 0.597. The zero-order valence-electron chi connectivity index (χ0n) is 54.0. The third kappa shape index (κ3) is 7.95. The van der Waals surface area contributed by atoms with Crippen molar-refractivity contribution in [2.75, 3.05) is 0 Å². The van der Waals surface area contributed by atoms with Crippen LogP contribution in [0.3, 0.4) is 0 Å². The van der Waals surface area contributed by atoms with Crippen LogP contribution in [0.4, 0.5) is 0 Å². The zero-order chi connectivity index (χ0) is 65.3. The van der Waals surface area contributed by atoms with Crippen LogP contribution in [0.15, 0.2) is 340 Å². The Hall–Kier alpha value is -13.4. The quantitative estimate of drug-likeness (QED) is 0.149. The largest absolute Gasteiger partial charge is 0.309 e. The van der Waals surface area contributed by atoms with Gasteiger partial charge in [0.2, 0.25) is 5.95 Å². The second-order valence-electron chi connectivity index (χ2n) is 26.8. The van der Waals surface area contributed by atoms with E-state index >= 15 is 0 Å². The van der Waals surface area contributed by atoms with Crippen LogP contribution < -0.4 is 0 Å². The minimum atomic E-state index is 0.597. The first-order valence-corrected chi connectivity index (χ1v) is 34.4. The number of aromatic nitrogens is 6. The third-order valence-electron chi connectivity index (χ3n) is 21.5. The molecule has 5 heterocycles. The second kappa shape index (κ2) is 21.0. The van der Waals surface area contributed by atoms with E-state index in [0.717, 1.165) is 94.3 Å². The highest BCUT2D eigenvalue weighted by atomic mass is 15.2. The summed E-state index contributed by atoms with van der Waals surface area (Å²) >= 11 is 0. The lowest BCUT2D eigenvalue weighted by molar-refractivity contribution is 0.952. The molecular weight excluding hydrogens is 1210 g/mol. The number of hydrogen-bond acceptors (Lipinski definition) is 2. The lowest BCUT2D eigenvalue weighted by Crippen LogP contribution is -2.07. The van der Waals surface area contributed by atoms with Gasteiger partial charge in [-0.05, 0) is 184 Å². The number of rotatable bonds is 7. The summed E-state index contributed by atoms with van der Waals surface area (Å²) < 4.78 is 9.49. The fourth-order valence-electron chi connectivity index (χ4n) is 17.1. The van der Waals surface area contributed by atoms with Crippen molar-refractivity contribution in [2.45, 2.75) is 0 Å². The van der Waals surface area contributed by atoms with Crippen LogP contribution >= 0.6 is 0 Å². The van der Waals surface area contributed by atoms with Gasteiger partial charge in [0.1, 0.15) is 5.82 Å².